The minimum atomic E-state index is 0.0799. The first-order valence-corrected chi connectivity index (χ1v) is 5.39. The van der Waals surface area contributed by atoms with Gasteiger partial charge in [-0.3, -0.25) is 9.67 Å². The highest BCUT2D eigenvalue weighted by atomic mass is 16.5. The van der Waals surface area contributed by atoms with Gasteiger partial charge in [0.05, 0.1) is 24.7 Å². The van der Waals surface area contributed by atoms with Gasteiger partial charge in [-0.25, -0.2) is 0 Å². The van der Waals surface area contributed by atoms with Crippen LogP contribution in [0.25, 0.3) is 0 Å². The fourth-order valence-corrected chi connectivity index (χ4v) is 1.33. The van der Waals surface area contributed by atoms with E-state index in [-0.39, 0.29) is 6.10 Å². The number of hydrogen-bond donors (Lipinski definition) is 1. The summed E-state index contributed by atoms with van der Waals surface area (Å²) in [6.45, 7) is 3.89. The Balaban J connectivity index is 2.14. The van der Waals surface area contributed by atoms with Gasteiger partial charge in [0.25, 0.3) is 0 Å². The Morgan fingerprint density at radius 2 is 2.18 bits per heavy atom. The molecule has 0 radical (unpaired) electrons. The fraction of sp³-hybridized carbons (Fsp3) is 0.364. The molecule has 0 atom stereocenters. The Labute approximate surface area is 99.7 Å². The van der Waals surface area contributed by atoms with Crippen molar-refractivity contribution in [2.24, 2.45) is 7.05 Å². The molecule has 6 heteroatoms. The van der Waals surface area contributed by atoms with E-state index in [0.717, 1.165) is 5.82 Å². The molecule has 2 heterocycles. The molecule has 0 aromatic carbocycles. The average molecular weight is 233 g/mol. The summed E-state index contributed by atoms with van der Waals surface area (Å²) in [6, 6.07) is 1.86. The van der Waals surface area contributed by atoms with E-state index in [1.165, 1.54) is 0 Å². The molecule has 90 valence electrons. The molecule has 0 saturated heterocycles. The molecule has 17 heavy (non-hydrogen) atoms. The highest BCUT2D eigenvalue weighted by molar-refractivity contribution is 5.50. The monoisotopic (exact) mass is 233 g/mol. The molecule has 0 bridgehead atoms. The molecule has 0 aliphatic carbocycles. The normalized spacial score (nSPS) is 10.6. The van der Waals surface area contributed by atoms with Crippen LogP contribution in [0.1, 0.15) is 13.8 Å². The Morgan fingerprint density at radius 3 is 2.82 bits per heavy atom. The van der Waals surface area contributed by atoms with Crippen LogP contribution in [-0.2, 0) is 7.05 Å². The van der Waals surface area contributed by atoms with Crippen molar-refractivity contribution in [3.8, 4) is 5.88 Å². The molecule has 0 fully saturated rings. The summed E-state index contributed by atoms with van der Waals surface area (Å²) in [5.41, 5.74) is 0. The van der Waals surface area contributed by atoms with Gasteiger partial charge in [0.1, 0.15) is 5.82 Å². The SMILES string of the molecule is CC(C)Oc1cncc(Nc2ccnn2C)n1. The van der Waals surface area contributed by atoms with Crippen LogP contribution in [0.15, 0.2) is 24.7 Å². The molecular formula is C11H15N5O. The molecule has 0 spiro atoms. The summed E-state index contributed by atoms with van der Waals surface area (Å²) in [7, 11) is 1.85. The lowest BCUT2D eigenvalue weighted by Crippen LogP contribution is -2.08. The average Bonchev–Trinajstić information content (AvgIpc) is 2.64. The third-order valence-corrected chi connectivity index (χ3v) is 2.05. The number of anilines is 2. The van der Waals surface area contributed by atoms with Gasteiger partial charge in [-0.2, -0.15) is 10.1 Å². The predicted octanol–water partition coefficient (Wildman–Crippen LogP) is 1.74. The van der Waals surface area contributed by atoms with E-state index >= 15 is 0 Å². The number of aromatic nitrogens is 4. The smallest absolute Gasteiger partial charge is 0.234 e. The zero-order chi connectivity index (χ0) is 12.3. The van der Waals surface area contributed by atoms with Crippen LogP contribution in [0.3, 0.4) is 0 Å². The Morgan fingerprint density at radius 1 is 1.35 bits per heavy atom. The third kappa shape index (κ3) is 2.93. The van der Waals surface area contributed by atoms with Crippen LogP contribution < -0.4 is 10.1 Å². The van der Waals surface area contributed by atoms with Crippen molar-refractivity contribution >= 4 is 11.6 Å². The fourth-order valence-electron chi connectivity index (χ4n) is 1.33. The van der Waals surface area contributed by atoms with Gasteiger partial charge >= 0.3 is 0 Å². The maximum absolute atomic E-state index is 5.47. The van der Waals surface area contributed by atoms with Crippen molar-refractivity contribution in [1.29, 1.82) is 0 Å². The highest BCUT2D eigenvalue weighted by Gasteiger charge is 2.04. The van der Waals surface area contributed by atoms with E-state index in [9.17, 15) is 0 Å². The molecule has 0 unspecified atom stereocenters. The molecule has 0 amide bonds. The molecule has 0 aliphatic rings. The molecule has 2 aromatic rings. The van der Waals surface area contributed by atoms with E-state index in [4.69, 9.17) is 4.74 Å². The Hall–Kier alpha value is -2.11. The second-order valence-electron chi connectivity index (χ2n) is 3.87. The summed E-state index contributed by atoms with van der Waals surface area (Å²) in [5, 5.41) is 7.17. The van der Waals surface area contributed by atoms with Gasteiger partial charge in [0.15, 0.2) is 5.82 Å². The van der Waals surface area contributed by atoms with Crippen molar-refractivity contribution < 1.29 is 4.74 Å². The molecule has 0 saturated carbocycles. The Kier molecular flexibility index (Phi) is 3.22. The van der Waals surface area contributed by atoms with E-state index in [0.29, 0.717) is 11.7 Å². The van der Waals surface area contributed by atoms with Gasteiger partial charge in [0, 0.05) is 13.1 Å². The van der Waals surface area contributed by atoms with Crippen LogP contribution in [0.5, 0.6) is 5.88 Å². The van der Waals surface area contributed by atoms with Gasteiger partial charge in [-0.15, -0.1) is 0 Å². The molecule has 2 aromatic heterocycles. The second kappa shape index (κ2) is 4.82. The first-order chi connectivity index (χ1) is 8.15. The maximum atomic E-state index is 5.47. The molecule has 6 nitrogen and oxygen atoms in total. The van der Waals surface area contributed by atoms with E-state index in [1.807, 2.05) is 27.0 Å². The predicted molar refractivity (Wildman–Crippen MR) is 64.3 cm³/mol. The van der Waals surface area contributed by atoms with Crippen LogP contribution in [0.4, 0.5) is 11.6 Å². The van der Waals surface area contributed by atoms with Crippen molar-refractivity contribution in [3.05, 3.63) is 24.7 Å². The number of nitrogens with zero attached hydrogens (tertiary/aromatic N) is 4. The minimum absolute atomic E-state index is 0.0799. The number of aryl methyl sites for hydroxylation is 1. The number of ether oxygens (including phenoxy) is 1. The van der Waals surface area contributed by atoms with Crippen molar-refractivity contribution in [1.82, 2.24) is 19.7 Å². The lowest BCUT2D eigenvalue weighted by atomic mass is 10.5. The zero-order valence-electron chi connectivity index (χ0n) is 10.1. The van der Waals surface area contributed by atoms with Gasteiger partial charge < -0.3 is 10.1 Å². The van der Waals surface area contributed by atoms with Crippen molar-refractivity contribution in [2.45, 2.75) is 20.0 Å². The lowest BCUT2D eigenvalue weighted by Gasteiger charge is -2.10. The number of nitrogens with one attached hydrogen (secondary N) is 1. The molecule has 0 aliphatic heterocycles. The molecular weight excluding hydrogens is 218 g/mol. The third-order valence-electron chi connectivity index (χ3n) is 2.05. The van der Waals surface area contributed by atoms with Gasteiger partial charge in [-0.05, 0) is 13.8 Å². The first-order valence-electron chi connectivity index (χ1n) is 5.39. The Bertz CT molecular complexity index is 494. The summed E-state index contributed by atoms with van der Waals surface area (Å²) in [6.07, 6.45) is 5.02. The molecule has 1 N–H and O–H groups in total. The number of hydrogen-bond acceptors (Lipinski definition) is 5. The zero-order valence-corrected chi connectivity index (χ0v) is 10.1. The first kappa shape index (κ1) is 11.4. The highest BCUT2D eigenvalue weighted by Crippen LogP contribution is 2.15. The van der Waals surface area contributed by atoms with Crippen LogP contribution in [0, 0.1) is 0 Å². The van der Waals surface area contributed by atoms with Crippen molar-refractivity contribution in [2.75, 3.05) is 5.32 Å². The topological polar surface area (TPSA) is 64.9 Å². The quantitative estimate of drug-likeness (QED) is 0.871. The number of rotatable bonds is 4. The van der Waals surface area contributed by atoms with E-state index in [2.05, 4.69) is 20.4 Å². The maximum Gasteiger partial charge on any atom is 0.234 e. The van der Waals surface area contributed by atoms with E-state index in [1.54, 1.807) is 23.3 Å². The summed E-state index contributed by atoms with van der Waals surface area (Å²) >= 11 is 0. The summed E-state index contributed by atoms with van der Waals surface area (Å²) < 4.78 is 7.19. The second-order valence-corrected chi connectivity index (χ2v) is 3.87. The van der Waals surface area contributed by atoms with Crippen molar-refractivity contribution in [3.63, 3.8) is 0 Å². The van der Waals surface area contributed by atoms with Crippen LogP contribution in [-0.4, -0.2) is 25.9 Å². The van der Waals surface area contributed by atoms with E-state index < -0.39 is 0 Å². The largest absolute Gasteiger partial charge is 0.474 e. The van der Waals surface area contributed by atoms with Crippen LogP contribution in [0.2, 0.25) is 0 Å². The summed E-state index contributed by atoms with van der Waals surface area (Å²) in [4.78, 5) is 8.36. The minimum Gasteiger partial charge on any atom is -0.474 e. The van der Waals surface area contributed by atoms with Crippen LogP contribution >= 0.6 is 0 Å². The molecule has 2 rings (SSSR count). The standard InChI is InChI=1S/C11H15N5O/c1-8(2)17-11-7-12-6-9(15-11)14-10-4-5-13-16(10)3/h4-8H,1-3H3,(H,14,15). The lowest BCUT2D eigenvalue weighted by molar-refractivity contribution is 0.232. The summed E-state index contributed by atoms with van der Waals surface area (Å²) in [5.74, 6) is 1.99. The van der Waals surface area contributed by atoms with Gasteiger partial charge in [0.2, 0.25) is 5.88 Å². The van der Waals surface area contributed by atoms with Gasteiger partial charge in [-0.1, -0.05) is 0 Å².